The number of carbonyl (C=O) groups is 2. The largest absolute Gasteiger partial charge is 0.365 e. The summed E-state index contributed by atoms with van der Waals surface area (Å²) < 4.78 is 1.67. The van der Waals surface area contributed by atoms with Crippen LogP contribution < -0.4 is 16.0 Å². The quantitative estimate of drug-likeness (QED) is 0.572. The summed E-state index contributed by atoms with van der Waals surface area (Å²) in [5, 5.41) is 7.87. The van der Waals surface area contributed by atoms with Gasteiger partial charge in [0, 0.05) is 37.3 Å². The molecule has 3 heterocycles. The van der Waals surface area contributed by atoms with Crippen molar-refractivity contribution in [3.63, 3.8) is 0 Å². The SMILES string of the molecule is CC(=O)NC1CCC(N(c2cc(-c3cnc4cc(Cl)cnn34)ncc2C(N)=O)C(C)C)CC1. The van der Waals surface area contributed by atoms with Crippen molar-refractivity contribution in [3.8, 4) is 11.4 Å². The van der Waals surface area contributed by atoms with E-state index >= 15 is 0 Å². The van der Waals surface area contributed by atoms with E-state index in [9.17, 15) is 9.59 Å². The lowest BCUT2D eigenvalue weighted by molar-refractivity contribution is -0.119. The van der Waals surface area contributed by atoms with Crippen LogP contribution >= 0.6 is 11.6 Å². The second kappa shape index (κ2) is 9.35. The van der Waals surface area contributed by atoms with Crippen LogP contribution in [0, 0.1) is 0 Å². The van der Waals surface area contributed by atoms with Crippen LogP contribution in [0.1, 0.15) is 56.8 Å². The number of nitrogens with zero attached hydrogens (tertiary/aromatic N) is 5. The summed E-state index contributed by atoms with van der Waals surface area (Å²) >= 11 is 6.04. The van der Waals surface area contributed by atoms with Crippen molar-refractivity contribution < 1.29 is 9.59 Å². The van der Waals surface area contributed by atoms with Gasteiger partial charge in [0.2, 0.25) is 5.91 Å². The summed E-state index contributed by atoms with van der Waals surface area (Å²) in [7, 11) is 0. The van der Waals surface area contributed by atoms with E-state index in [1.807, 2.05) is 6.07 Å². The maximum absolute atomic E-state index is 12.3. The van der Waals surface area contributed by atoms with E-state index in [2.05, 4.69) is 39.1 Å². The number of nitrogens with two attached hydrogens (primary N) is 1. The van der Waals surface area contributed by atoms with Crippen LogP contribution in [0.3, 0.4) is 0 Å². The lowest BCUT2D eigenvalue weighted by Crippen LogP contribution is -2.47. The number of primary amides is 1. The molecule has 3 aromatic heterocycles. The Kier molecular flexibility index (Phi) is 6.51. The Morgan fingerprint density at radius 2 is 1.88 bits per heavy atom. The van der Waals surface area contributed by atoms with Gasteiger partial charge in [-0.25, -0.2) is 9.50 Å². The Labute approximate surface area is 197 Å². The summed E-state index contributed by atoms with van der Waals surface area (Å²) in [6.07, 6.45) is 8.33. The number of rotatable bonds is 6. The molecule has 0 bridgehead atoms. The van der Waals surface area contributed by atoms with Crippen LogP contribution in [0.15, 0.2) is 30.7 Å². The molecule has 0 spiro atoms. The Morgan fingerprint density at radius 3 is 2.52 bits per heavy atom. The zero-order valence-electron chi connectivity index (χ0n) is 19.0. The molecule has 1 aliphatic rings. The standard InChI is InChI=1S/C23H28ClN7O2/c1-13(2)30(17-6-4-16(5-7-17)29-14(3)32)20-9-19(26-11-18(20)23(25)33)21-12-27-22-8-15(24)10-28-31(21)22/h8-13,16-17H,4-7H2,1-3H3,(H2,25,33)(H,29,32). The number of hydrogen-bond acceptors (Lipinski definition) is 6. The molecule has 174 valence electrons. The summed E-state index contributed by atoms with van der Waals surface area (Å²) in [5.74, 6) is -0.526. The van der Waals surface area contributed by atoms with Crippen molar-refractivity contribution in [2.45, 2.75) is 64.6 Å². The zero-order valence-corrected chi connectivity index (χ0v) is 19.7. The minimum Gasteiger partial charge on any atom is -0.365 e. The lowest BCUT2D eigenvalue weighted by atomic mass is 9.88. The average molecular weight is 470 g/mol. The number of anilines is 1. The second-order valence-corrected chi connectivity index (χ2v) is 9.18. The van der Waals surface area contributed by atoms with Crippen molar-refractivity contribution in [1.29, 1.82) is 0 Å². The molecule has 0 aliphatic heterocycles. The fourth-order valence-corrected chi connectivity index (χ4v) is 4.84. The molecule has 9 nitrogen and oxygen atoms in total. The zero-order chi connectivity index (χ0) is 23.7. The first-order valence-electron chi connectivity index (χ1n) is 11.1. The van der Waals surface area contributed by atoms with Crippen LogP contribution in [-0.4, -0.2) is 49.5 Å². The third-order valence-corrected chi connectivity index (χ3v) is 6.28. The van der Waals surface area contributed by atoms with E-state index in [0.29, 0.717) is 27.6 Å². The maximum atomic E-state index is 12.3. The summed E-state index contributed by atoms with van der Waals surface area (Å²) in [4.78, 5) is 34.9. The predicted molar refractivity (Wildman–Crippen MR) is 127 cm³/mol. The number of pyridine rings is 1. The Balaban J connectivity index is 1.72. The third kappa shape index (κ3) is 4.78. The topological polar surface area (TPSA) is 119 Å². The van der Waals surface area contributed by atoms with E-state index in [4.69, 9.17) is 17.3 Å². The summed E-state index contributed by atoms with van der Waals surface area (Å²) in [5.41, 5.74) is 8.79. The van der Waals surface area contributed by atoms with Gasteiger partial charge in [0.25, 0.3) is 5.91 Å². The van der Waals surface area contributed by atoms with Gasteiger partial charge in [0.05, 0.1) is 34.4 Å². The molecule has 33 heavy (non-hydrogen) atoms. The molecule has 1 saturated carbocycles. The molecule has 0 saturated heterocycles. The molecular formula is C23H28ClN7O2. The van der Waals surface area contributed by atoms with E-state index in [0.717, 1.165) is 31.4 Å². The van der Waals surface area contributed by atoms with Crippen molar-refractivity contribution in [3.05, 3.63) is 41.3 Å². The molecule has 0 unspecified atom stereocenters. The van der Waals surface area contributed by atoms with Gasteiger partial charge in [-0.1, -0.05) is 11.6 Å². The first-order valence-corrected chi connectivity index (χ1v) is 11.5. The molecule has 2 amide bonds. The number of nitrogens with one attached hydrogen (secondary N) is 1. The number of halogens is 1. The number of hydrogen-bond donors (Lipinski definition) is 2. The first kappa shape index (κ1) is 23.0. The minimum atomic E-state index is -0.523. The normalized spacial score (nSPS) is 18.5. The van der Waals surface area contributed by atoms with E-state index in [1.165, 1.54) is 6.20 Å². The fourth-order valence-electron chi connectivity index (χ4n) is 4.70. The van der Waals surface area contributed by atoms with Crippen LogP contribution in [0.4, 0.5) is 5.69 Å². The van der Waals surface area contributed by atoms with E-state index in [-0.39, 0.29) is 24.0 Å². The van der Waals surface area contributed by atoms with Crippen molar-refractivity contribution in [2.24, 2.45) is 5.73 Å². The van der Waals surface area contributed by atoms with Gasteiger partial charge in [-0.2, -0.15) is 5.10 Å². The highest BCUT2D eigenvalue weighted by molar-refractivity contribution is 6.30. The average Bonchev–Trinajstić information content (AvgIpc) is 3.17. The number of amides is 2. The van der Waals surface area contributed by atoms with Crippen LogP contribution in [0.25, 0.3) is 17.0 Å². The van der Waals surface area contributed by atoms with Gasteiger partial charge in [-0.3, -0.25) is 14.6 Å². The lowest BCUT2D eigenvalue weighted by Gasteiger charge is -2.41. The monoisotopic (exact) mass is 469 g/mol. The highest BCUT2D eigenvalue weighted by Crippen LogP contribution is 2.34. The first-order chi connectivity index (χ1) is 15.7. The van der Waals surface area contributed by atoms with Crippen LogP contribution in [0.5, 0.6) is 0 Å². The highest BCUT2D eigenvalue weighted by atomic mass is 35.5. The third-order valence-electron chi connectivity index (χ3n) is 6.07. The molecular weight excluding hydrogens is 442 g/mol. The number of imidazole rings is 1. The molecule has 1 fully saturated rings. The fraction of sp³-hybridized carbons (Fsp3) is 0.435. The van der Waals surface area contributed by atoms with E-state index < -0.39 is 5.91 Å². The molecule has 4 rings (SSSR count). The van der Waals surface area contributed by atoms with Gasteiger partial charge in [-0.05, 0) is 45.6 Å². The number of fused-ring (bicyclic) bond motifs is 1. The second-order valence-electron chi connectivity index (χ2n) is 8.75. The highest BCUT2D eigenvalue weighted by Gasteiger charge is 2.30. The molecule has 3 N–H and O–H groups in total. The van der Waals surface area contributed by atoms with Crippen LogP contribution in [0.2, 0.25) is 5.02 Å². The van der Waals surface area contributed by atoms with Crippen LogP contribution in [-0.2, 0) is 4.79 Å². The van der Waals surface area contributed by atoms with Crippen molar-refractivity contribution in [1.82, 2.24) is 24.9 Å². The van der Waals surface area contributed by atoms with E-state index in [1.54, 1.807) is 29.9 Å². The Hall–Kier alpha value is -3.20. The molecule has 10 heteroatoms. The molecule has 0 aromatic carbocycles. The van der Waals surface area contributed by atoms with Gasteiger partial charge in [0.15, 0.2) is 5.65 Å². The maximum Gasteiger partial charge on any atom is 0.252 e. The molecule has 0 atom stereocenters. The summed E-state index contributed by atoms with van der Waals surface area (Å²) in [6, 6.07) is 4.14. The van der Waals surface area contributed by atoms with Gasteiger partial charge < -0.3 is 16.0 Å². The van der Waals surface area contributed by atoms with Gasteiger partial charge >= 0.3 is 0 Å². The minimum absolute atomic E-state index is 0.00288. The van der Waals surface area contributed by atoms with Gasteiger partial charge in [-0.15, -0.1) is 0 Å². The Morgan fingerprint density at radius 1 is 1.15 bits per heavy atom. The smallest absolute Gasteiger partial charge is 0.252 e. The number of carbonyl (C=O) groups excluding carboxylic acids is 2. The predicted octanol–water partition coefficient (Wildman–Crippen LogP) is 3.21. The Bertz CT molecular complexity index is 1180. The molecule has 0 radical (unpaired) electrons. The van der Waals surface area contributed by atoms with Gasteiger partial charge in [0.1, 0.15) is 5.69 Å². The molecule has 3 aromatic rings. The molecule has 1 aliphatic carbocycles. The van der Waals surface area contributed by atoms with Crippen molar-refractivity contribution in [2.75, 3.05) is 4.90 Å². The number of aromatic nitrogens is 4. The van der Waals surface area contributed by atoms with Crippen molar-refractivity contribution >= 4 is 34.7 Å². The summed E-state index contributed by atoms with van der Waals surface area (Å²) in [6.45, 7) is 5.75.